The number of unbranched alkanes of at least 4 members (excludes halogenated alkanes) is 40. The van der Waals surface area contributed by atoms with Crippen LogP contribution in [0.25, 0.3) is 0 Å². The molecule has 0 radical (unpaired) electrons. The molecule has 0 unspecified atom stereocenters. The summed E-state index contributed by atoms with van der Waals surface area (Å²) in [7, 11) is 0. The second-order valence-corrected chi connectivity index (χ2v) is 21.7. The van der Waals surface area contributed by atoms with Crippen LogP contribution in [-0.2, 0) is 28.6 Å². The van der Waals surface area contributed by atoms with Gasteiger partial charge in [-0.15, -0.1) is 0 Å². The summed E-state index contributed by atoms with van der Waals surface area (Å²) in [5.74, 6) is -0.876. The van der Waals surface area contributed by atoms with Crippen molar-refractivity contribution in [1.82, 2.24) is 0 Å². The van der Waals surface area contributed by atoms with Gasteiger partial charge in [-0.25, -0.2) is 0 Å². The van der Waals surface area contributed by atoms with Gasteiger partial charge in [0.15, 0.2) is 6.10 Å². The number of hydrogen-bond acceptors (Lipinski definition) is 6. The fourth-order valence-corrected chi connectivity index (χ4v) is 9.56. The third-order valence-electron chi connectivity index (χ3n) is 14.3. The van der Waals surface area contributed by atoms with Crippen LogP contribution in [0.3, 0.4) is 0 Å². The summed E-state index contributed by atoms with van der Waals surface area (Å²) >= 11 is 0. The molecule has 426 valence electrons. The lowest BCUT2D eigenvalue weighted by Crippen LogP contribution is -2.30. The number of ether oxygens (including phenoxy) is 3. The average Bonchev–Trinajstić information content (AvgIpc) is 3.39. The maximum absolute atomic E-state index is 12.9. The van der Waals surface area contributed by atoms with Gasteiger partial charge in [0.05, 0.1) is 0 Å². The van der Waals surface area contributed by atoms with Crippen molar-refractivity contribution in [1.29, 1.82) is 0 Å². The molecule has 0 bridgehead atoms. The van der Waals surface area contributed by atoms with Crippen molar-refractivity contribution in [3.8, 4) is 0 Å². The zero-order valence-corrected chi connectivity index (χ0v) is 48.9. The second-order valence-electron chi connectivity index (χ2n) is 21.7. The van der Waals surface area contributed by atoms with E-state index in [4.69, 9.17) is 14.2 Å². The first-order valence-electron chi connectivity index (χ1n) is 32.1. The SMILES string of the molecule is CC/C=C\C/C=C\C/C=C\C/C=C\CCCCCCC(=O)OC[C@H](COC(=O)CCCCCCCCCCCCCCCCCCCCC)OC(=O)CCCCCCCCCCCCCCCCCCCCC. The lowest BCUT2D eigenvalue weighted by molar-refractivity contribution is -0.167. The Morgan fingerprint density at radius 1 is 0.288 bits per heavy atom. The Bertz CT molecular complexity index is 1270. The summed E-state index contributed by atoms with van der Waals surface area (Å²) in [6, 6.07) is 0. The summed E-state index contributed by atoms with van der Waals surface area (Å²) in [5.41, 5.74) is 0. The maximum atomic E-state index is 12.9. The van der Waals surface area contributed by atoms with Crippen molar-refractivity contribution >= 4 is 17.9 Å². The monoisotopic (exact) mass is 1020 g/mol. The van der Waals surface area contributed by atoms with Crippen LogP contribution >= 0.6 is 0 Å². The number of allylic oxidation sites excluding steroid dienone is 8. The highest BCUT2D eigenvalue weighted by molar-refractivity contribution is 5.71. The number of carbonyl (C=O) groups is 3. The molecule has 0 N–H and O–H groups in total. The summed E-state index contributed by atoms with van der Waals surface area (Å²) < 4.78 is 16.9. The van der Waals surface area contributed by atoms with E-state index in [1.165, 1.54) is 205 Å². The molecule has 0 amide bonds. The van der Waals surface area contributed by atoms with Crippen LogP contribution in [0.5, 0.6) is 0 Å². The molecule has 0 aliphatic carbocycles. The molecule has 0 aromatic carbocycles. The van der Waals surface area contributed by atoms with Gasteiger partial charge < -0.3 is 14.2 Å². The van der Waals surface area contributed by atoms with Gasteiger partial charge >= 0.3 is 17.9 Å². The van der Waals surface area contributed by atoms with Crippen molar-refractivity contribution in [2.24, 2.45) is 0 Å². The molecule has 0 aliphatic rings. The van der Waals surface area contributed by atoms with Gasteiger partial charge in [-0.2, -0.15) is 0 Å². The first-order valence-corrected chi connectivity index (χ1v) is 32.1. The van der Waals surface area contributed by atoms with Crippen molar-refractivity contribution in [3.63, 3.8) is 0 Å². The molecule has 0 saturated heterocycles. The molecule has 0 spiro atoms. The lowest BCUT2D eigenvalue weighted by atomic mass is 10.0. The Balaban J connectivity index is 4.35. The van der Waals surface area contributed by atoms with Crippen LogP contribution in [0.2, 0.25) is 0 Å². The average molecular weight is 1020 g/mol. The molecule has 6 heteroatoms. The first-order chi connectivity index (χ1) is 36.0. The Hall–Kier alpha value is -2.63. The maximum Gasteiger partial charge on any atom is 0.306 e. The number of rotatable bonds is 59. The Kier molecular flexibility index (Phi) is 59.7. The van der Waals surface area contributed by atoms with Crippen LogP contribution in [-0.4, -0.2) is 37.2 Å². The predicted octanol–water partition coefficient (Wildman–Crippen LogP) is 21.8. The number of hydrogen-bond donors (Lipinski definition) is 0. The van der Waals surface area contributed by atoms with E-state index in [-0.39, 0.29) is 31.1 Å². The molecular formula is C67H122O6. The number of esters is 3. The van der Waals surface area contributed by atoms with Crippen LogP contribution in [0.4, 0.5) is 0 Å². The highest BCUT2D eigenvalue weighted by Gasteiger charge is 2.19. The van der Waals surface area contributed by atoms with Gasteiger partial charge in [0.1, 0.15) is 13.2 Å². The molecule has 0 aromatic heterocycles. The Morgan fingerprint density at radius 3 is 0.836 bits per heavy atom. The van der Waals surface area contributed by atoms with Crippen molar-refractivity contribution in [2.75, 3.05) is 13.2 Å². The predicted molar refractivity (Wildman–Crippen MR) is 316 cm³/mol. The third kappa shape index (κ3) is 60.1. The normalized spacial score (nSPS) is 12.3. The van der Waals surface area contributed by atoms with Crippen molar-refractivity contribution in [3.05, 3.63) is 48.6 Å². The van der Waals surface area contributed by atoms with Crippen LogP contribution in [0.15, 0.2) is 48.6 Å². The van der Waals surface area contributed by atoms with Gasteiger partial charge in [0.2, 0.25) is 0 Å². The molecule has 73 heavy (non-hydrogen) atoms. The highest BCUT2D eigenvalue weighted by atomic mass is 16.6. The smallest absolute Gasteiger partial charge is 0.306 e. The summed E-state index contributed by atoms with van der Waals surface area (Å²) in [6.07, 6.45) is 76.9. The summed E-state index contributed by atoms with van der Waals surface area (Å²) in [6.45, 7) is 6.57. The Labute approximate surface area is 454 Å². The van der Waals surface area contributed by atoms with E-state index < -0.39 is 6.10 Å². The van der Waals surface area contributed by atoms with Gasteiger partial charge in [-0.3, -0.25) is 14.4 Å². The fraction of sp³-hybridized carbons (Fsp3) is 0.836. The fourth-order valence-electron chi connectivity index (χ4n) is 9.56. The van der Waals surface area contributed by atoms with E-state index >= 15 is 0 Å². The van der Waals surface area contributed by atoms with E-state index in [2.05, 4.69) is 69.4 Å². The van der Waals surface area contributed by atoms with E-state index in [0.717, 1.165) is 96.3 Å². The largest absolute Gasteiger partial charge is 0.462 e. The highest BCUT2D eigenvalue weighted by Crippen LogP contribution is 2.18. The molecule has 0 heterocycles. The topological polar surface area (TPSA) is 78.9 Å². The molecule has 1 atom stereocenters. The molecule has 0 fully saturated rings. The Morgan fingerprint density at radius 2 is 0.534 bits per heavy atom. The summed E-state index contributed by atoms with van der Waals surface area (Å²) in [4.78, 5) is 38.3. The van der Waals surface area contributed by atoms with Crippen molar-refractivity contribution < 1.29 is 28.6 Å². The minimum atomic E-state index is -0.781. The van der Waals surface area contributed by atoms with Crippen LogP contribution in [0, 0.1) is 0 Å². The zero-order valence-electron chi connectivity index (χ0n) is 48.9. The van der Waals surface area contributed by atoms with Gasteiger partial charge in [0, 0.05) is 19.3 Å². The van der Waals surface area contributed by atoms with Crippen molar-refractivity contribution in [2.45, 2.75) is 348 Å². The minimum absolute atomic E-state index is 0.0759. The minimum Gasteiger partial charge on any atom is -0.462 e. The third-order valence-corrected chi connectivity index (χ3v) is 14.3. The zero-order chi connectivity index (χ0) is 52.9. The van der Waals surface area contributed by atoms with E-state index in [0.29, 0.717) is 19.3 Å². The summed E-state index contributed by atoms with van der Waals surface area (Å²) in [5, 5.41) is 0. The van der Waals surface area contributed by atoms with Crippen LogP contribution < -0.4 is 0 Å². The van der Waals surface area contributed by atoms with Gasteiger partial charge in [-0.05, 0) is 57.8 Å². The number of carbonyl (C=O) groups excluding carboxylic acids is 3. The molecule has 0 rings (SSSR count). The quantitative estimate of drug-likeness (QED) is 0.0261. The second kappa shape index (κ2) is 61.9. The molecule has 0 aromatic rings. The van der Waals surface area contributed by atoms with Gasteiger partial charge in [-0.1, -0.05) is 313 Å². The van der Waals surface area contributed by atoms with E-state index in [1.807, 2.05) is 0 Å². The van der Waals surface area contributed by atoms with Crippen LogP contribution in [0.1, 0.15) is 342 Å². The standard InChI is InChI=1S/C67H122O6/c1-4-7-10-13-16-19-22-25-28-31-33-36-39-42-45-48-51-54-57-60-66(69)72-63-64(62-71-65(68)59-56-53-50-47-44-41-38-35-30-27-24-21-18-15-12-9-6-3)73-67(70)61-58-55-52-49-46-43-40-37-34-32-29-26-23-20-17-14-11-8-5-2/h9,12,18,21,27,30,38,41,64H,4-8,10-11,13-17,19-20,22-26,28-29,31-37,39-40,42-63H2,1-3H3/b12-9-,21-18-,30-27-,41-38-/t64-/m1/s1. The molecule has 0 saturated carbocycles. The van der Waals surface area contributed by atoms with E-state index in [1.54, 1.807) is 0 Å². The molecular weight excluding hydrogens is 901 g/mol. The molecule has 0 aliphatic heterocycles. The first kappa shape index (κ1) is 70.4. The van der Waals surface area contributed by atoms with E-state index in [9.17, 15) is 14.4 Å². The lowest BCUT2D eigenvalue weighted by Gasteiger charge is -2.18. The molecule has 6 nitrogen and oxygen atoms in total. The van der Waals surface area contributed by atoms with Gasteiger partial charge in [0.25, 0.3) is 0 Å².